The smallest absolute Gasteiger partial charge is 0.304 e. The van der Waals surface area contributed by atoms with Crippen LogP contribution in [0.1, 0.15) is 10.5 Å². The molecule has 2 rings (SSSR count). The highest BCUT2D eigenvalue weighted by Crippen LogP contribution is 2.21. The van der Waals surface area contributed by atoms with E-state index in [9.17, 15) is 19.3 Å². The van der Waals surface area contributed by atoms with Gasteiger partial charge in [0.05, 0.1) is 16.8 Å². The molecule has 0 aliphatic rings. The number of anilines is 2. The van der Waals surface area contributed by atoms with E-state index < -0.39 is 22.3 Å². The fraction of sp³-hybridized carbons (Fsp3) is 0.0769. The molecule has 0 unspecified atom stereocenters. The maximum atomic E-state index is 13.4. The van der Waals surface area contributed by atoms with E-state index in [1.165, 1.54) is 18.3 Å². The molecule has 0 spiro atoms. The minimum Gasteiger partial charge on any atom is -0.387 e. The largest absolute Gasteiger partial charge is 0.387 e. The molecule has 1 heterocycles. The van der Waals surface area contributed by atoms with Crippen molar-refractivity contribution in [3.8, 4) is 0 Å². The number of halogens is 1. The van der Waals surface area contributed by atoms with Gasteiger partial charge in [0.1, 0.15) is 5.69 Å². The molecule has 108 valence electrons. The molecule has 1 aromatic carbocycles. The molecule has 0 aliphatic heterocycles. The van der Waals surface area contributed by atoms with Gasteiger partial charge in [-0.2, -0.15) is 4.39 Å². The van der Waals surface area contributed by atoms with Crippen molar-refractivity contribution in [3.63, 3.8) is 0 Å². The molecule has 0 aliphatic carbocycles. The number of rotatable bonds is 4. The van der Waals surface area contributed by atoms with Gasteiger partial charge in [0.2, 0.25) is 5.82 Å². The van der Waals surface area contributed by atoms with E-state index in [-0.39, 0.29) is 11.4 Å². The first kappa shape index (κ1) is 14.4. The van der Waals surface area contributed by atoms with E-state index in [0.717, 1.165) is 17.8 Å². The van der Waals surface area contributed by atoms with Crippen LogP contribution in [0.2, 0.25) is 0 Å². The fourth-order valence-corrected chi connectivity index (χ4v) is 1.60. The van der Waals surface area contributed by atoms with Gasteiger partial charge in [-0.05, 0) is 18.2 Å². The molecule has 0 atom stereocenters. The summed E-state index contributed by atoms with van der Waals surface area (Å²) in [4.78, 5) is 25.5. The number of pyridine rings is 1. The van der Waals surface area contributed by atoms with Gasteiger partial charge in [-0.25, -0.2) is 4.98 Å². The van der Waals surface area contributed by atoms with Gasteiger partial charge < -0.3 is 10.6 Å². The van der Waals surface area contributed by atoms with E-state index in [1.807, 2.05) is 0 Å². The minimum atomic E-state index is -1.02. The number of carbonyl (C=O) groups excluding carboxylic acids is 1. The number of nitro benzene ring substituents is 1. The number of nitro groups is 1. The molecule has 0 radical (unpaired) electrons. The Kier molecular flexibility index (Phi) is 4.07. The predicted octanol–water partition coefficient (Wildman–Crippen LogP) is 2.42. The van der Waals surface area contributed by atoms with Gasteiger partial charge in [-0.3, -0.25) is 14.9 Å². The Labute approximate surface area is 119 Å². The summed E-state index contributed by atoms with van der Waals surface area (Å²) in [6.45, 7) is 0. The SMILES string of the molecule is CNc1ccc(C(=O)Nc2ccc([N+](=O)[O-])c(F)c2)nc1. The number of hydrogen-bond donors (Lipinski definition) is 2. The van der Waals surface area contributed by atoms with Crippen LogP contribution in [0.4, 0.5) is 21.5 Å². The molecule has 0 saturated heterocycles. The Morgan fingerprint density at radius 3 is 2.52 bits per heavy atom. The number of amides is 1. The molecule has 0 bridgehead atoms. The lowest BCUT2D eigenvalue weighted by Gasteiger charge is -2.05. The molecule has 1 amide bonds. The first-order valence-electron chi connectivity index (χ1n) is 5.90. The van der Waals surface area contributed by atoms with Gasteiger partial charge in [0, 0.05) is 24.9 Å². The van der Waals surface area contributed by atoms with Gasteiger partial charge in [-0.15, -0.1) is 0 Å². The molecular weight excluding hydrogens is 279 g/mol. The average molecular weight is 290 g/mol. The monoisotopic (exact) mass is 290 g/mol. The number of nitrogens with zero attached hydrogens (tertiary/aromatic N) is 2. The van der Waals surface area contributed by atoms with E-state index in [2.05, 4.69) is 15.6 Å². The van der Waals surface area contributed by atoms with Crippen molar-refractivity contribution in [2.24, 2.45) is 0 Å². The van der Waals surface area contributed by atoms with Gasteiger partial charge >= 0.3 is 5.69 Å². The summed E-state index contributed by atoms with van der Waals surface area (Å²) in [5.41, 5.74) is 0.354. The summed E-state index contributed by atoms with van der Waals surface area (Å²) in [6, 6.07) is 6.29. The van der Waals surface area contributed by atoms with Crippen LogP contribution in [0.15, 0.2) is 36.5 Å². The van der Waals surface area contributed by atoms with Crippen LogP contribution in [-0.2, 0) is 0 Å². The van der Waals surface area contributed by atoms with Crippen molar-refractivity contribution in [3.05, 3.63) is 58.2 Å². The third-order valence-corrected chi connectivity index (χ3v) is 2.69. The minimum absolute atomic E-state index is 0.114. The number of benzene rings is 1. The summed E-state index contributed by atoms with van der Waals surface area (Å²) < 4.78 is 13.4. The maximum absolute atomic E-state index is 13.4. The number of hydrogen-bond acceptors (Lipinski definition) is 5. The van der Waals surface area contributed by atoms with Crippen LogP contribution < -0.4 is 10.6 Å². The quantitative estimate of drug-likeness (QED) is 0.665. The second kappa shape index (κ2) is 5.95. The third-order valence-electron chi connectivity index (χ3n) is 2.69. The van der Waals surface area contributed by atoms with Crippen LogP contribution in [-0.4, -0.2) is 22.9 Å². The summed E-state index contributed by atoms with van der Waals surface area (Å²) in [6.07, 6.45) is 1.48. The molecule has 7 nitrogen and oxygen atoms in total. The summed E-state index contributed by atoms with van der Waals surface area (Å²) >= 11 is 0. The Bertz CT molecular complexity index is 688. The number of nitrogens with one attached hydrogen (secondary N) is 2. The predicted molar refractivity (Wildman–Crippen MR) is 74.8 cm³/mol. The molecule has 21 heavy (non-hydrogen) atoms. The lowest BCUT2D eigenvalue weighted by atomic mass is 10.2. The normalized spacial score (nSPS) is 10.0. The van der Waals surface area contributed by atoms with E-state index in [0.29, 0.717) is 0 Å². The Morgan fingerprint density at radius 2 is 2.00 bits per heavy atom. The molecule has 2 N–H and O–H groups in total. The Hall–Kier alpha value is -3.03. The van der Waals surface area contributed by atoms with Crippen molar-refractivity contribution in [2.45, 2.75) is 0 Å². The van der Waals surface area contributed by atoms with Crippen molar-refractivity contribution in [2.75, 3.05) is 17.7 Å². The fourth-order valence-electron chi connectivity index (χ4n) is 1.60. The standard InChI is InChI=1S/C13H11FN4O3/c1-15-9-2-4-11(16-7-9)13(19)17-8-3-5-12(18(20)21)10(14)6-8/h2-7,15H,1H3,(H,17,19). The van der Waals surface area contributed by atoms with Crippen LogP contribution in [0, 0.1) is 15.9 Å². The maximum Gasteiger partial charge on any atom is 0.304 e. The second-order valence-electron chi connectivity index (χ2n) is 4.06. The lowest BCUT2D eigenvalue weighted by molar-refractivity contribution is -0.387. The van der Waals surface area contributed by atoms with E-state index >= 15 is 0 Å². The van der Waals surface area contributed by atoms with Crippen LogP contribution in [0.3, 0.4) is 0 Å². The number of carbonyl (C=O) groups is 1. The van der Waals surface area contributed by atoms with Crippen molar-refractivity contribution >= 4 is 23.0 Å². The first-order chi connectivity index (χ1) is 10.0. The van der Waals surface area contributed by atoms with Crippen molar-refractivity contribution < 1.29 is 14.1 Å². The average Bonchev–Trinajstić information content (AvgIpc) is 2.47. The van der Waals surface area contributed by atoms with Crippen LogP contribution in [0.25, 0.3) is 0 Å². The van der Waals surface area contributed by atoms with Crippen LogP contribution >= 0.6 is 0 Å². The van der Waals surface area contributed by atoms with E-state index in [1.54, 1.807) is 13.1 Å². The lowest BCUT2D eigenvalue weighted by Crippen LogP contribution is -2.13. The third kappa shape index (κ3) is 3.30. The van der Waals surface area contributed by atoms with Gasteiger partial charge in [0.25, 0.3) is 5.91 Å². The topological polar surface area (TPSA) is 97.2 Å². The van der Waals surface area contributed by atoms with Crippen molar-refractivity contribution in [1.82, 2.24) is 4.98 Å². The zero-order chi connectivity index (χ0) is 15.4. The molecule has 0 saturated carbocycles. The molecule has 8 heteroatoms. The molecular formula is C13H11FN4O3. The Morgan fingerprint density at radius 1 is 1.29 bits per heavy atom. The van der Waals surface area contributed by atoms with Gasteiger partial charge in [0.15, 0.2) is 0 Å². The molecule has 0 fully saturated rings. The summed E-state index contributed by atoms with van der Waals surface area (Å²) in [5.74, 6) is -1.55. The highest BCUT2D eigenvalue weighted by atomic mass is 19.1. The highest BCUT2D eigenvalue weighted by Gasteiger charge is 2.15. The first-order valence-corrected chi connectivity index (χ1v) is 5.90. The summed E-state index contributed by atoms with van der Waals surface area (Å²) in [5, 5.41) is 15.8. The van der Waals surface area contributed by atoms with E-state index in [4.69, 9.17) is 0 Å². The zero-order valence-electron chi connectivity index (χ0n) is 11.0. The molecule has 1 aromatic heterocycles. The zero-order valence-corrected chi connectivity index (χ0v) is 11.0. The van der Waals surface area contributed by atoms with Crippen LogP contribution in [0.5, 0.6) is 0 Å². The second-order valence-corrected chi connectivity index (χ2v) is 4.06. The van der Waals surface area contributed by atoms with Crippen molar-refractivity contribution in [1.29, 1.82) is 0 Å². The molecule has 2 aromatic rings. The van der Waals surface area contributed by atoms with Gasteiger partial charge in [-0.1, -0.05) is 0 Å². The Balaban J connectivity index is 2.15. The highest BCUT2D eigenvalue weighted by molar-refractivity contribution is 6.03. The summed E-state index contributed by atoms with van der Waals surface area (Å²) in [7, 11) is 1.72. The number of aromatic nitrogens is 1.